The van der Waals surface area contributed by atoms with Crippen molar-refractivity contribution in [2.45, 2.75) is 39.8 Å². The summed E-state index contributed by atoms with van der Waals surface area (Å²) in [7, 11) is 3.26. The Morgan fingerprint density at radius 2 is 1.97 bits per heavy atom. The van der Waals surface area contributed by atoms with Gasteiger partial charge in [-0.2, -0.15) is 0 Å². The van der Waals surface area contributed by atoms with Gasteiger partial charge in [0.2, 0.25) is 5.91 Å². The van der Waals surface area contributed by atoms with E-state index in [1.54, 1.807) is 25.6 Å². The second-order valence-electron chi connectivity index (χ2n) is 7.45. The van der Waals surface area contributed by atoms with Gasteiger partial charge in [0, 0.05) is 30.9 Å². The summed E-state index contributed by atoms with van der Waals surface area (Å²) in [6.45, 7) is 8.14. The average molecular weight is 418 g/mol. The van der Waals surface area contributed by atoms with Gasteiger partial charge in [-0.3, -0.25) is 9.69 Å². The van der Waals surface area contributed by atoms with Crippen molar-refractivity contribution >= 4 is 17.2 Å². The van der Waals surface area contributed by atoms with Crippen LogP contribution < -0.4 is 9.47 Å². The van der Waals surface area contributed by atoms with Crippen LogP contribution in [0.4, 0.5) is 0 Å². The van der Waals surface area contributed by atoms with Crippen LogP contribution in [0.3, 0.4) is 0 Å². The smallest absolute Gasteiger partial charge is 0.226 e. The lowest BCUT2D eigenvalue weighted by atomic mass is 9.95. The van der Waals surface area contributed by atoms with Crippen molar-refractivity contribution in [3.8, 4) is 11.5 Å². The molecule has 6 nitrogen and oxygen atoms in total. The fourth-order valence-corrected chi connectivity index (χ4v) is 4.45. The standard InChI is InChI=1S/C22H31N3O3S/c1-5-25(13-17-6-7-20(27-3)21(12-17)28-4)22(26)18-8-10-24(11-9-18)14-19-15-29-16(2)23-19/h6-7,12,15,18H,5,8-11,13-14H2,1-4H3. The lowest BCUT2D eigenvalue weighted by Gasteiger charge is -2.33. The van der Waals surface area contributed by atoms with Crippen molar-refractivity contribution in [3.05, 3.63) is 39.8 Å². The first-order chi connectivity index (χ1) is 14.0. The molecule has 1 aromatic carbocycles. The van der Waals surface area contributed by atoms with Gasteiger partial charge in [-0.1, -0.05) is 6.07 Å². The van der Waals surface area contributed by atoms with E-state index in [1.165, 1.54) is 0 Å². The van der Waals surface area contributed by atoms with E-state index < -0.39 is 0 Å². The molecule has 3 rings (SSSR count). The van der Waals surface area contributed by atoms with E-state index in [1.807, 2.05) is 36.9 Å². The Hall–Kier alpha value is -2.12. The molecule has 2 heterocycles. The molecule has 0 unspecified atom stereocenters. The Labute approximate surface area is 177 Å². The number of aromatic nitrogens is 1. The van der Waals surface area contributed by atoms with Crippen molar-refractivity contribution in [2.75, 3.05) is 33.9 Å². The van der Waals surface area contributed by atoms with Crippen LogP contribution in [0, 0.1) is 12.8 Å². The van der Waals surface area contributed by atoms with Crippen LogP contribution in [-0.4, -0.2) is 54.5 Å². The zero-order chi connectivity index (χ0) is 20.8. The van der Waals surface area contributed by atoms with Crippen LogP contribution in [0.2, 0.25) is 0 Å². The third kappa shape index (κ3) is 5.48. The van der Waals surface area contributed by atoms with Crippen molar-refractivity contribution in [2.24, 2.45) is 5.92 Å². The quantitative estimate of drug-likeness (QED) is 0.655. The van der Waals surface area contributed by atoms with E-state index in [2.05, 4.69) is 15.3 Å². The molecule has 1 aromatic heterocycles. The third-order valence-electron chi connectivity index (χ3n) is 5.50. The first kappa shape index (κ1) is 21.6. The molecule has 0 atom stereocenters. The monoisotopic (exact) mass is 417 g/mol. The molecule has 1 aliphatic heterocycles. The summed E-state index contributed by atoms with van der Waals surface area (Å²) in [4.78, 5) is 22.0. The maximum atomic E-state index is 13.1. The number of amides is 1. The SMILES string of the molecule is CCN(Cc1ccc(OC)c(OC)c1)C(=O)C1CCN(Cc2csc(C)n2)CC1. The molecular weight excluding hydrogens is 386 g/mol. The summed E-state index contributed by atoms with van der Waals surface area (Å²) < 4.78 is 10.7. The largest absolute Gasteiger partial charge is 0.493 e. The van der Waals surface area contributed by atoms with Crippen molar-refractivity contribution in [1.29, 1.82) is 0 Å². The second-order valence-corrected chi connectivity index (χ2v) is 8.51. The normalized spacial score (nSPS) is 15.3. The molecule has 1 saturated heterocycles. The second kappa shape index (κ2) is 10.1. The summed E-state index contributed by atoms with van der Waals surface area (Å²) in [5.41, 5.74) is 2.19. The fraction of sp³-hybridized carbons (Fsp3) is 0.545. The van der Waals surface area contributed by atoms with E-state index >= 15 is 0 Å². The first-order valence-corrected chi connectivity index (χ1v) is 11.0. The van der Waals surface area contributed by atoms with Crippen LogP contribution in [0.25, 0.3) is 0 Å². The molecule has 1 amide bonds. The minimum atomic E-state index is 0.100. The van der Waals surface area contributed by atoms with Gasteiger partial charge in [0.25, 0.3) is 0 Å². The molecular formula is C22H31N3O3S. The Morgan fingerprint density at radius 3 is 2.55 bits per heavy atom. The number of carbonyl (C=O) groups is 1. The molecule has 1 aliphatic rings. The minimum absolute atomic E-state index is 0.100. The van der Waals surface area contributed by atoms with Crippen molar-refractivity contribution in [3.63, 3.8) is 0 Å². The number of hydrogen-bond acceptors (Lipinski definition) is 6. The number of piperidine rings is 1. The number of benzene rings is 1. The van der Waals surface area contributed by atoms with Gasteiger partial charge in [0.15, 0.2) is 11.5 Å². The lowest BCUT2D eigenvalue weighted by Crippen LogP contribution is -2.42. The Bertz CT molecular complexity index is 815. The predicted octanol–water partition coefficient (Wildman–Crippen LogP) is 3.73. The molecule has 2 aromatic rings. The summed E-state index contributed by atoms with van der Waals surface area (Å²) in [5, 5.41) is 3.24. The average Bonchev–Trinajstić information content (AvgIpc) is 3.16. The molecule has 0 aliphatic carbocycles. The highest BCUT2D eigenvalue weighted by molar-refractivity contribution is 7.09. The van der Waals surface area contributed by atoms with E-state index in [9.17, 15) is 4.79 Å². The van der Waals surface area contributed by atoms with Crippen LogP contribution in [-0.2, 0) is 17.9 Å². The minimum Gasteiger partial charge on any atom is -0.493 e. The van der Waals surface area contributed by atoms with Crippen LogP contribution in [0.5, 0.6) is 11.5 Å². The number of methoxy groups -OCH3 is 2. The number of hydrogen-bond donors (Lipinski definition) is 0. The number of carbonyl (C=O) groups excluding carboxylic acids is 1. The molecule has 7 heteroatoms. The third-order valence-corrected chi connectivity index (χ3v) is 6.33. The maximum Gasteiger partial charge on any atom is 0.226 e. The highest BCUT2D eigenvalue weighted by Crippen LogP contribution is 2.29. The summed E-state index contributed by atoms with van der Waals surface area (Å²) in [6, 6.07) is 5.84. The lowest BCUT2D eigenvalue weighted by molar-refractivity contribution is -0.137. The summed E-state index contributed by atoms with van der Waals surface area (Å²) in [6.07, 6.45) is 1.81. The van der Waals surface area contributed by atoms with Gasteiger partial charge in [0.05, 0.1) is 24.9 Å². The zero-order valence-corrected chi connectivity index (χ0v) is 18.6. The number of aryl methyl sites for hydroxylation is 1. The van der Waals surface area contributed by atoms with Gasteiger partial charge in [0.1, 0.15) is 0 Å². The summed E-state index contributed by atoms with van der Waals surface area (Å²) in [5.74, 6) is 1.75. The number of ether oxygens (including phenoxy) is 2. The van der Waals surface area contributed by atoms with Crippen molar-refractivity contribution in [1.82, 2.24) is 14.8 Å². The molecule has 0 radical (unpaired) electrons. The Morgan fingerprint density at radius 1 is 1.24 bits per heavy atom. The maximum absolute atomic E-state index is 13.1. The Balaban J connectivity index is 1.56. The van der Waals surface area contributed by atoms with Crippen molar-refractivity contribution < 1.29 is 14.3 Å². The molecule has 0 spiro atoms. The zero-order valence-electron chi connectivity index (χ0n) is 17.8. The van der Waals surface area contributed by atoms with Crippen LogP contribution in [0.1, 0.15) is 36.0 Å². The molecule has 158 valence electrons. The molecule has 0 bridgehead atoms. The number of rotatable bonds is 8. The van der Waals surface area contributed by atoms with Gasteiger partial charge in [-0.15, -0.1) is 11.3 Å². The highest BCUT2D eigenvalue weighted by atomic mass is 32.1. The van der Waals surface area contributed by atoms with Crippen LogP contribution in [0.15, 0.2) is 23.6 Å². The topological polar surface area (TPSA) is 54.9 Å². The number of nitrogens with zero attached hydrogens (tertiary/aromatic N) is 3. The predicted molar refractivity (Wildman–Crippen MR) is 115 cm³/mol. The van der Waals surface area contributed by atoms with E-state index in [0.717, 1.165) is 48.7 Å². The van der Waals surface area contributed by atoms with E-state index in [4.69, 9.17) is 9.47 Å². The van der Waals surface area contributed by atoms with Gasteiger partial charge >= 0.3 is 0 Å². The van der Waals surface area contributed by atoms with E-state index in [0.29, 0.717) is 24.6 Å². The summed E-state index contributed by atoms with van der Waals surface area (Å²) >= 11 is 1.70. The van der Waals surface area contributed by atoms with Gasteiger partial charge < -0.3 is 14.4 Å². The number of thiazole rings is 1. The molecule has 0 N–H and O–H groups in total. The van der Waals surface area contributed by atoms with Gasteiger partial charge in [-0.25, -0.2) is 4.98 Å². The van der Waals surface area contributed by atoms with E-state index in [-0.39, 0.29) is 11.8 Å². The fourth-order valence-electron chi connectivity index (χ4n) is 3.85. The Kier molecular flexibility index (Phi) is 7.50. The molecule has 29 heavy (non-hydrogen) atoms. The highest BCUT2D eigenvalue weighted by Gasteiger charge is 2.28. The van der Waals surface area contributed by atoms with Gasteiger partial charge in [-0.05, 0) is 57.5 Å². The van der Waals surface area contributed by atoms with Crippen LogP contribution >= 0.6 is 11.3 Å². The first-order valence-electron chi connectivity index (χ1n) is 10.2. The molecule has 1 fully saturated rings. The molecule has 0 saturated carbocycles. The number of likely N-dealkylation sites (tertiary alicyclic amines) is 1.